The van der Waals surface area contributed by atoms with Crippen LogP contribution < -0.4 is 10.2 Å². The summed E-state index contributed by atoms with van der Waals surface area (Å²) in [5, 5.41) is 2.63. The number of imide groups is 1. The first-order valence-electron chi connectivity index (χ1n) is 7.00. The van der Waals surface area contributed by atoms with E-state index in [0.29, 0.717) is 5.69 Å². The molecule has 0 saturated carbocycles. The molecule has 1 heterocycles. The number of nitrogens with zero attached hydrogens (tertiary/aromatic N) is 2. The maximum Gasteiger partial charge on any atom is 0.332 e. The topological polar surface area (TPSA) is 69.7 Å². The van der Waals surface area contributed by atoms with Crippen molar-refractivity contribution in [2.45, 2.75) is 32.9 Å². The van der Waals surface area contributed by atoms with E-state index in [4.69, 9.17) is 0 Å². The van der Waals surface area contributed by atoms with Crippen LogP contribution in [0.4, 0.5) is 14.9 Å². The second-order valence-electron chi connectivity index (χ2n) is 5.45. The van der Waals surface area contributed by atoms with Crippen molar-refractivity contribution in [1.29, 1.82) is 0 Å². The van der Waals surface area contributed by atoms with Gasteiger partial charge >= 0.3 is 6.03 Å². The Labute approximate surface area is 127 Å². The molecule has 22 heavy (non-hydrogen) atoms. The van der Waals surface area contributed by atoms with Crippen LogP contribution in [-0.2, 0) is 9.59 Å². The number of carbonyl (C=O) groups is 3. The smallest absolute Gasteiger partial charge is 0.332 e. The van der Waals surface area contributed by atoms with Crippen molar-refractivity contribution in [1.82, 2.24) is 10.2 Å². The molecule has 0 aliphatic carbocycles. The normalized spacial score (nSPS) is 18.3. The lowest BCUT2D eigenvalue weighted by Crippen LogP contribution is -2.43. The fourth-order valence-electron chi connectivity index (χ4n) is 2.32. The first kappa shape index (κ1) is 15.9. The van der Waals surface area contributed by atoms with Crippen molar-refractivity contribution >= 4 is 23.5 Å². The Kier molecular flexibility index (Phi) is 4.44. The van der Waals surface area contributed by atoms with Gasteiger partial charge in [0.05, 0.1) is 0 Å². The fraction of sp³-hybridized carbons (Fsp3) is 0.400. The summed E-state index contributed by atoms with van der Waals surface area (Å²) in [5.74, 6) is -1.28. The molecule has 4 amide bonds. The Morgan fingerprint density at radius 2 is 1.86 bits per heavy atom. The van der Waals surface area contributed by atoms with Gasteiger partial charge in [-0.05, 0) is 45.0 Å². The molecule has 6 nitrogen and oxygen atoms in total. The number of halogens is 1. The van der Waals surface area contributed by atoms with Crippen molar-refractivity contribution < 1.29 is 18.8 Å². The summed E-state index contributed by atoms with van der Waals surface area (Å²) < 4.78 is 13.0. The molecule has 7 heteroatoms. The highest BCUT2D eigenvalue weighted by atomic mass is 19.1. The largest absolute Gasteiger partial charge is 0.352 e. The Bertz CT molecular complexity index is 601. The summed E-state index contributed by atoms with van der Waals surface area (Å²) in [5.41, 5.74) is 0.416. The number of amides is 4. The van der Waals surface area contributed by atoms with E-state index in [1.165, 1.54) is 29.2 Å². The molecule has 0 unspecified atom stereocenters. The van der Waals surface area contributed by atoms with Crippen LogP contribution >= 0.6 is 0 Å². The SMILES string of the molecule is CC(C)NC(=O)CN1C(=O)[C@@H](C)N(c2ccc(F)cc2)C1=O. The van der Waals surface area contributed by atoms with Gasteiger partial charge in [0.2, 0.25) is 5.91 Å². The van der Waals surface area contributed by atoms with Gasteiger partial charge in [-0.2, -0.15) is 0 Å². The van der Waals surface area contributed by atoms with Crippen LogP contribution in [0, 0.1) is 5.82 Å². The zero-order chi connectivity index (χ0) is 16.4. The number of hydrogen-bond donors (Lipinski definition) is 1. The average Bonchev–Trinajstić information content (AvgIpc) is 2.63. The number of rotatable bonds is 4. The predicted molar refractivity (Wildman–Crippen MR) is 78.7 cm³/mol. The van der Waals surface area contributed by atoms with Gasteiger partial charge in [-0.15, -0.1) is 0 Å². The summed E-state index contributed by atoms with van der Waals surface area (Å²) in [6, 6.07) is 3.89. The molecule has 2 rings (SSSR count). The molecular formula is C15H18FN3O3. The van der Waals surface area contributed by atoms with Crippen molar-refractivity contribution in [3.05, 3.63) is 30.1 Å². The van der Waals surface area contributed by atoms with Crippen LogP contribution in [0.25, 0.3) is 0 Å². The van der Waals surface area contributed by atoms with E-state index in [2.05, 4.69) is 5.32 Å². The zero-order valence-corrected chi connectivity index (χ0v) is 12.7. The van der Waals surface area contributed by atoms with E-state index in [-0.39, 0.29) is 12.6 Å². The van der Waals surface area contributed by atoms with Gasteiger partial charge in [0.1, 0.15) is 18.4 Å². The highest BCUT2D eigenvalue weighted by Gasteiger charge is 2.44. The second kappa shape index (κ2) is 6.13. The van der Waals surface area contributed by atoms with E-state index in [1.807, 2.05) is 0 Å². The Morgan fingerprint density at radius 1 is 1.27 bits per heavy atom. The zero-order valence-electron chi connectivity index (χ0n) is 12.7. The molecule has 1 atom stereocenters. The monoisotopic (exact) mass is 307 g/mol. The maximum atomic E-state index is 13.0. The summed E-state index contributed by atoms with van der Waals surface area (Å²) in [6.07, 6.45) is 0. The second-order valence-corrected chi connectivity index (χ2v) is 5.45. The Balaban J connectivity index is 2.18. The Hall–Kier alpha value is -2.44. The number of benzene rings is 1. The first-order valence-corrected chi connectivity index (χ1v) is 7.00. The van der Waals surface area contributed by atoms with Gasteiger partial charge in [0, 0.05) is 11.7 Å². The third-order valence-corrected chi connectivity index (χ3v) is 3.30. The minimum atomic E-state index is -0.732. The van der Waals surface area contributed by atoms with Crippen LogP contribution in [0.3, 0.4) is 0 Å². The number of urea groups is 1. The molecule has 118 valence electrons. The van der Waals surface area contributed by atoms with Crippen LogP contribution in [0.2, 0.25) is 0 Å². The van der Waals surface area contributed by atoms with Gasteiger partial charge in [-0.25, -0.2) is 9.18 Å². The Morgan fingerprint density at radius 3 is 2.41 bits per heavy atom. The van der Waals surface area contributed by atoms with Crippen molar-refractivity contribution in [2.75, 3.05) is 11.4 Å². The predicted octanol–water partition coefficient (Wildman–Crippen LogP) is 1.51. The van der Waals surface area contributed by atoms with Gasteiger partial charge in [-0.1, -0.05) is 0 Å². The lowest BCUT2D eigenvalue weighted by atomic mass is 10.2. The minimum absolute atomic E-state index is 0.0778. The minimum Gasteiger partial charge on any atom is -0.352 e. The van der Waals surface area contributed by atoms with Crippen LogP contribution in [0.5, 0.6) is 0 Å². The summed E-state index contributed by atoms with van der Waals surface area (Å²) in [7, 11) is 0. The molecule has 1 fully saturated rings. The third kappa shape index (κ3) is 3.08. The molecular weight excluding hydrogens is 289 g/mol. The quantitative estimate of drug-likeness (QED) is 0.857. The summed E-state index contributed by atoms with van der Waals surface area (Å²) >= 11 is 0. The molecule has 1 saturated heterocycles. The molecule has 1 aliphatic rings. The van der Waals surface area contributed by atoms with Crippen molar-refractivity contribution in [3.63, 3.8) is 0 Å². The van der Waals surface area contributed by atoms with Gasteiger partial charge in [0.25, 0.3) is 5.91 Å². The standard InChI is InChI=1S/C15H18FN3O3/c1-9(2)17-13(20)8-18-14(21)10(3)19(15(18)22)12-6-4-11(16)5-7-12/h4-7,9-10H,8H2,1-3H3,(H,17,20)/t10-/m1/s1. The van der Waals surface area contributed by atoms with Gasteiger partial charge in [-0.3, -0.25) is 19.4 Å². The first-order chi connectivity index (χ1) is 10.3. The number of nitrogens with one attached hydrogen (secondary N) is 1. The van der Waals surface area contributed by atoms with Gasteiger partial charge < -0.3 is 5.32 Å². The van der Waals surface area contributed by atoms with Crippen molar-refractivity contribution in [2.24, 2.45) is 0 Å². The maximum absolute atomic E-state index is 13.0. The molecule has 1 N–H and O–H groups in total. The van der Waals surface area contributed by atoms with E-state index in [9.17, 15) is 18.8 Å². The van der Waals surface area contributed by atoms with E-state index in [1.54, 1.807) is 20.8 Å². The molecule has 0 spiro atoms. The van der Waals surface area contributed by atoms with Gasteiger partial charge in [0.15, 0.2) is 0 Å². The third-order valence-electron chi connectivity index (χ3n) is 3.30. The molecule has 1 aliphatic heterocycles. The summed E-state index contributed by atoms with van der Waals surface area (Å²) in [4.78, 5) is 38.5. The molecule has 0 radical (unpaired) electrons. The molecule has 0 bridgehead atoms. The van der Waals surface area contributed by atoms with Crippen LogP contribution in [0.15, 0.2) is 24.3 Å². The lowest BCUT2D eigenvalue weighted by Gasteiger charge is -2.19. The van der Waals surface area contributed by atoms with Crippen LogP contribution in [0.1, 0.15) is 20.8 Å². The van der Waals surface area contributed by atoms with Crippen LogP contribution in [-0.4, -0.2) is 41.4 Å². The van der Waals surface area contributed by atoms with E-state index in [0.717, 1.165) is 4.90 Å². The number of hydrogen-bond acceptors (Lipinski definition) is 3. The van der Waals surface area contributed by atoms with E-state index >= 15 is 0 Å². The van der Waals surface area contributed by atoms with Crippen molar-refractivity contribution in [3.8, 4) is 0 Å². The average molecular weight is 307 g/mol. The molecule has 1 aromatic rings. The lowest BCUT2D eigenvalue weighted by molar-refractivity contribution is -0.132. The fourth-order valence-corrected chi connectivity index (χ4v) is 2.32. The summed E-state index contributed by atoms with van der Waals surface area (Å²) in [6.45, 7) is 4.83. The van der Waals surface area contributed by atoms with E-state index < -0.39 is 29.7 Å². The molecule has 0 aromatic heterocycles. The number of carbonyl (C=O) groups excluding carboxylic acids is 3. The highest BCUT2D eigenvalue weighted by Crippen LogP contribution is 2.25. The molecule has 1 aromatic carbocycles. The number of anilines is 1. The highest BCUT2D eigenvalue weighted by molar-refractivity contribution is 6.15.